The van der Waals surface area contributed by atoms with Crippen molar-refractivity contribution >= 4 is 11.3 Å². The van der Waals surface area contributed by atoms with E-state index in [9.17, 15) is 0 Å². The van der Waals surface area contributed by atoms with Crippen molar-refractivity contribution in [2.24, 2.45) is 7.05 Å². The van der Waals surface area contributed by atoms with Gasteiger partial charge in [-0.05, 0) is 31.2 Å². The lowest BCUT2D eigenvalue weighted by atomic mass is 10.2. The molecule has 0 unspecified atom stereocenters. The second-order valence-corrected chi connectivity index (χ2v) is 5.84. The van der Waals surface area contributed by atoms with Crippen LogP contribution in [0.25, 0.3) is 11.3 Å². The van der Waals surface area contributed by atoms with Crippen LogP contribution in [-0.2, 0) is 13.7 Å². The first-order chi connectivity index (χ1) is 10.7. The summed E-state index contributed by atoms with van der Waals surface area (Å²) in [6.45, 7) is 2.44. The van der Waals surface area contributed by atoms with Crippen molar-refractivity contribution in [1.29, 1.82) is 0 Å². The number of nitrogens with zero attached hydrogens (tertiary/aromatic N) is 3. The summed E-state index contributed by atoms with van der Waals surface area (Å²) >= 11 is 1.59. The van der Waals surface area contributed by atoms with Crippen LogP contribution < -0.4 is 9.47 Å². The van der Waals surface area contributed by atoms with Gasteiger partial charge in [0.1, 0.15) is 23.1 Å². The van der Waals surface area contributed by atoms with E-state index < -0.39 is 0 Å². The molecule has 0 atom stereocenters. The van der Waals surface area contributed by atoms with Crippen LogP contribution in [0.5, 0.6) is 11.5 Å². The summed E-state index contributed by atoms with van der Waals surface area (Å²) in [5.41, 5.74) is 2.99. The Balaban J connectivity index is 1.67. The van der Waals surface area contributed by atoms with Gasteiger partial charge in [0, 0.05) is 24.2 Å². The molecule has 6 heteroatoms. The highest BCUT2D eigenvalue weighted by molar-refractivity contribution is 7.09. The maximum absolute atomic E-state index is 5.75. The number of methoxy groups -OCH3 is 1. The van der Waals surface area contributed by atoms with Gasteiger partial charge >= 0.3 is 0 Å². The zero-order valence-corrected chi connectivity index (χ0v) is 13.6. The predicted octanol–water partition coefficient (Wildman–Crippen LogP) is 3.44. The summed E-state index contributed by atoms with van der Waals surface area (Å²) in [5.74, 6) is 1.62. The van der Waals surface area contributed by atoms with Crippen molar-refractivity contribution in [3.63, 3.8) is 0 Å². The number of rotatable bonds is 5. The van der Waals surface area contributed by atoms with Crippen molar-refractivity contribution < 1.29 is 9.47 Å². The number of ether oxygens (including phenoxy) is 2. The van der Waals surface area contributed by atoms with Crippen LogP contribution in [0.1, 0.15) is 10.7 Å². The molecule has 0 aliphatic carbocycles. The SMILES string of the molecule is COc1ccc(OCc2nc(-c3cn(C)nc3C)cs2)cc1. The first-order valence-electron chi connectivity index (χ1n) is 6.87. The topological polar surface area (TPSA) is 49.2 Å². The third-order valence-corrected chi connectivity index (χ3v) is 4.09. The van der Waals surface area contributed by atoms with Crippen LogP contribution in [0.4, 0.5) is 0 Å². The molecular formula is C16H17N3O2S. The molecule has 0 aliphatic heterocycles. The summed E-state index contributed by atoms with van der Waals surface area (Å²) < 4.78 is 12.7. The highest BCUT2D eigenvalue weighted by Crippen LogP contribution is 2.25. The average molecular weight is 315 g/mol. The second kappa shape index (κ2) is 6.19. The first kappa shape index (κ1) is 14.6. The van der Waals surface area contributed by atoms with Gasteiger partial charge in [-0.15, -0.1) is 11.3 Å². The maximum atomic E-state index is 5.75. The molecule has 0 saturated heterocycles. The Morgan fingerprint density at radius 3 is 2.55 bits per heavy atom. The molecule has 0 bridgehead atoms. The largest absolute Gasteiger partial charge is 0.497 e. The summed E-state index contributed by atoms with van der Waals surface area (Å²) in [7, 11) is 3.56. The van der Waals surface area contributed by atoms with Gasteiger partial charge in [0.2, 0.25) is 0 Å². The van der Waals surface area contributed by atoms with Gasteiger partial charge in [0.05, 0.1) is 18.5 Å². The summed E-state index contributed by atoms with van der Waals surface area (Å²) in [6.07, 6.45) is 1.98. The van der Waals surface area contributed by atoms with E-state index in [-0.39, 0.29) is 0 Å². The van der Waals surface area contributed by atoms with E-state index >= 15 is 0 Å². The molecule has 0 aliphatic rings. The molecule has 0 saturated carbocycles. The molecule has 0 radical (unpaired) electrons. The summed E-state index contributed by atoms with van der Waals surface area (Å²) in [6, 6.07) is 7.53. The minimum atomic E-state index is 0.455. The van der Waals surface area contributed by atoms with E-state index in [1.807, 2.05) is 49.8 Å². The van der Waals surface area contributed by atoms with Crippen LogP contribution in [0.2, 0.25) is 0 Å². The molecule has 5 nitrogen and oxygen atoms in total. The standard InChI is InChI=1S/C16H17N3O2S/c1-11-14(8-19(2)18-11)15-10-22-16(17-15)9-21-13-6-4-12(20-3)5-7-13/h4-8,10H,9H2,1-3H3. The summed E-state index contributed by atoms with van der Waals surface area (Å²) in [4.78, 5) is 4.62. The Labute approximate surface area is 133 Å². The van der Waals surface area contributed by atoms with Crippen molar-refractivity contribution in [1.82, 2.24) is 14.8 Å². The Hall–Kier alpha value is -2.34. The molecule has 0 fully saturated rings. The van der Waals surface area contributed by atoms with Crippen LogP contribution >= 0.6 is 11.3 Å². The minimum absolute atomic E-state index is 0.455. The van der Waals surface area contributed by atoms with Gasteiger partial charge in [-0.2, -0.15) is 5.10 Å². The van der Waals surface area contributed by atoms with Crippen LogP contribution in [0.3, 0.4) is 0 Å². The van der Waals surface area contributed by atoms with Crippen LogP contribution in [0, 0.1) is 6.92 Å². The van der Waals surface area contributed by atoms with Crippen molar-refractivity contribution in [3.05, 3.63) is 46.5 Å². The number of hydrogen-bond acceptors (Lipinski definition) is 5. The maximum Gasteiger partial charge on any atom is 0.140 e. The molecule has 114 valence electrons. The molecular weight excluding hydrogens is 298 g/mol. The zero-order chi connectivity index (χ0) is 15.5. The lowest BCUT2D eigenvalue weighted by molar-refractivity contribution is 0.305. The normalized spacial score (nSPS) is 10.7. The first-order valence-corrected chi connectivity index (χ1v) is 7.75. The van der Waals surface area contributed by atoms with E-state index in [0.717, 1.165) is 33.5 Å². The number of benzene rings is 1. The molecule has 3 aromatic rings. The second-order valence-electron chi connectivity index (χ2n) is 4.89. The average Bonchev–Trinajstić information content (AvgIpc) is 3.12. The van der Waals surface area contributed by atoms with Crippen molar-refractivity contribution in [2.75, 3.05) is 7.11 Å². The lowest BCUT2D eigenvalue weighted by Crippen LogP contribution is -1.95. The van der Waals surface area contributed by atoms with Gasteiger partial charge in [0.25, 0.3) is 0 Å². The van der Waals surface area contributed by atoms with Crippen LogP contribution in [0.15, 0.2) is 35.8 Å². The Kier molecular flexibility index (Phi) is 4.11. The fourth-order valence-electron chi connectivity index (χ4n) is 2.17. The molecule has 3 rings (SSSR count). The molecule has 2 heterocycles. The molecule has 0 amide bonds. The molecule has 1 aromatic carbocycles. The third kappa shape index (κ3) is 3.12. The predicted molar refractivity (Wildman–Crippen MR) is 86.4 cm³/mol. The third-order valence-electron chi connectivity index (χ3n) is 3.26. The highest BCUT2D eigenvalue weighted by atomic mass is 32.1. The number of thiazole rings is 1. The number of aryl methyl sites for hydroxylation is 2. The van der Waals surface area contributed by atoms with Gasteiger partial charge in [0.15, 0.2) is 0 Å². The Morgan fingerprint density at radius 2 is 1.91 bits per heavy atom. The lowest BCUT2D eigenvalue weighted by Gasteiger charge is -2.05. The Morgan fingerprint density at radius 1 is 1.18 bits per heavy atom. The fraction of sp³-hybridized carbons (Fsp3) is 0.250. The zero-order valence-electron chi connectivity index (χ0n) is 12.7. The Bertz CT molecular complexity index is 762. The van der Waals surface area contributed by atoms with Gasteiger partial charge in [-0.3, -0.25) is 4.68 Å². The molecule has 22 heavy (non-hydrogen) atoms. The summed E-state index contributed by atoms with van der Waals surface area (Å²) in [5, 5.41) is 7.32. The van der Waals surface area contributed by atoms with Gasteiger partial charge < -0.3 is 9.47 Å². The number of aromatic nitrogens is 3. The van der Waals surface area contributed by atoms with Gasteiger partial charge in [-0.1, -0.05) is 0 Å². The van der Waals surface area contributed by atoms with E-state index in [1.54, 1.807) is 23.1 Å². The fourth-order valence-corrected chi connectivity index (χ4v) is 2.87. The number of hydrogen-bond donors (Lipinski definition) is 0. The van der Waals surface area contributed by atoms with Crippen molar-refractivity contribution in [3.8, 4) is 22.8 Å². The van der Waals surface area contributed by atoms with E-state index in [4.69, 9.17) is 9.47 Å². The van der Waals surface area contributed by atoms with E-state index in [1.165, 1.54) is 0 Å². The smallest absolute Gasteiger partial charge is 0.140 e. The monoisotopic (exact) mass is 315 g/mol. The van der Waals surface area contributed by atoms with E-state index in [0.29, 0.717) is 6.61 Å². The van der Waals surface area contributed by atoms with Crippen molar-refractivity contribution in [2.45, 2.75) is 13.5 Å². The molecule has 2 aromatic heterocycles. The van der Waals surface area contributed by atoms with Gasteiger partial charge in [-0.25, -0.2) is 4.98 Å². The van der Waals surface area contributed by atoms with Crippen LogP contribution in [-0.4, -0.2) is 21.9 Å². The minimum Gasteiger partial charge on any atom is -0.497 e. The quantitative estimate of drug-likeness (QED) is 0.723. The molecule has 0 spiro atoms. The highest BCUT2D eigenvalue weighted by Gasteiger charge is 2.10. The van der Waals surface area contributed by atoms with E-state index in [2.05, 4.69) is 10.1 Å². The molecule has 0 N–H and O–H groups in total.